The van der Waals surface area contributed by atoms with Crippen LogP contribution in [0.3, 0.4) is 0 Å². The number of benzene rings is 1. The van der Waals surface area contributed by atoms with E-state index >= 15 is 0 Å². The van der Waals surface area contributed by atoms with Crippen LogP contribution in [0.4, 0.5) is 4.39 Å². The minimum atomic E-state index is -0.361. The van der Waals surface area contributed by atoms with Gasteiger partial charge in [-0.15, -0.1) is 0 Å². The lowest BCUT2D eigenvalue weighted by Gasteiger charge is -2.07. The molecule has 0 aliphatic heterocycles. The third-order valence-electron chi connectivity index (χ3n) is 2.25. The van der Waals surface area contributed by atoms with Gasteiger partial charge in [0.15, 0.2) is 5.78 Å². The molecule has 0 atom stereocenters. The van der Waals surface area contributed by atoms with Crippen LogP contribution < -0.4 is 4.74 Å². The van der Waals surface area contributed by atoms with Crippen LogP contribution in [0.5, 0.6) is 11.6 Å². The summed E-state index contributed by atoms with van der Waals surface area (Å²) < 4.78 is 18.9. The molecule has 2 aromatic rings. The van der Waals surface area contributed by atoms with Crippen LogP contribution in [0.1, 0.15) is 17.3 Å². The largest absolute Gasteiger partial charge is 0.438 e. The number of carbonyl (C=O) groups excluding carboxylic acids is 1. The fraction of sp³-hybridized carbons (Fsp3) is 0.0769. The Kier molecular flexibility index (Phi) is 3.72. The number of ether oxygens (including phenoxy) is 1. The smallest absolute Gasteiger partial charge is 0.219 e. The van der Waals surface area contributed by atoms with E-state index in [1.807, 2.05) is 0 Å². The van der Waals surface area contributed by atoms with Gasteiger partial charge in [-0.1, -0.05) is 0 Å². The van der Waals surface area contributed by atoms with Gasteiger partial charge in [-0.3, -0.25) is 4.79 Å². The zero-order valence-corrected chi connectivity index (χ0v) is 11.1. The fourth-order valence-electron chi connectivity index (χ4n) is 1.35. The lowest BCUT2D eigenvalue weighted by Crippen LogP contribution is -1.95. The molecule has 92 valence electrons. The summed E-state index contributed by atoms with van der Waals surface area (Å²) in [5, 5.41) is 0. The first-order valence-corrected chi connectivity index (χ1v) is 5.95. The van der Waals surface area contributed by atoms with E-state index in [-0.39, 0.29) is 17.5 Å². The van der Waals surface area contributed by atoms with E-state index in [1.165, 1.54) is 37.4 Å². The third-order valence-corrected chi connectivity index (χ3v) is 2.87. The molecule has 0 radical (unpaired) electrons. The molecule has 0 amide bonds. The number of carbonyl (C=O) groups is 1. The number of aromatic nitrogens is 1. The summed E-state index contributed by atoms with van der Waals surface area (Å²) in [6.45, 7) is 1.47. The van der Waals surface area contributed by atoms with Crippen LogP contribution in [-0.4, -0.2) is 10.8 Å². The molecule has 2 rings (SSSR count). The van der Waals surface area contributed by atoms with Crippen molar-refractivity contribution in [2.75, 3.05) is 0 Å². The van der Waals surface area contributed by atoms with E-state index in [1.54, 1.807) is 6.07 Å². The molecule has 0 saturated heterocycles. The molecule has 0 aliphatic rings. The van der Waals surface area contributed by atoms with Gasteiger partial charge in [0, 0.05) is 17.8 Å². The zero-order valence-electron chi connectivity index (χ0n) is 9.48. The summed E-state index contributed by atoms with van der Waals surface area (Å²) in [5.74, 6) is 0.291. The average Bonchev–Trinajstić information content (AvgIpc) is 2.33. The van der Waals surface area contributed by atoms with Crippen LogP contribution in [0.25, 0.3) is 0 Å². The maximum atomic E-state index is 12.9. The van der Waals surface area contributed by atoms with Crippen LogP contribution >= 0.6 is 15.9 Å². The normalized spacial score (nSPS) is 10.2. The van der Waals surface area contributed by atoms with E-state index < -0.39 is 0 Å². The minimum absolute atomic E-state index is 0.0691. The van der Waals surface area contributed by atoms with Crippen LogP contribution in [0, 0.1) is 5.82 Å². The number of hydrogen-bond acceptors (Lipinski definition) is 3. The van der Waals surface area contributed by atoms with Gasteiger partial charge in [0.25, 0.3) is 0 Å². The SMILES string of the molecule is CC(=O)c1ccnc(Oc2ccc(F)cc2Br)c1. The van der Waals surface area contributed by atoms with Crippen molar-refractivity contribution in [1.29, 1.82) is 0 Å². The number of nitrogens with zero attached hydrogens (tertiary/aromatic N) is 1. The number of halogens is 2. The van der Waals surface area contributed by atoms with E-state index in [9.17, 15) is 9.18 Å². The number of rotatable bonds is 3. The topological polar surface area (TPSA) is 39.2 Å². The number of Topliss-reactive ketones (excluding diaryl/α,β-unsaturated/α-hetero) is 1. The highest BCUT2D eigenvalue weighted by atomic mass is 79.9. The van der Waals surface area contributed by atoms with Gasteiger partial charge < -0.3 is 4.74 Å². The van der Waals surface area contributed by atoms with E-state index in [4.69, 9.17) is 4.74 Å². The molecule has 0 N–H and O–H groups in total. The predicted octanol–water partition coefficient (Wildman–Crippen LogP) is 3.98. The molecule has 3 nitrogen and oxygen atoms in total. The van der Waals surface area contributed by atoms with Gasteiger partial charge in [-0.25, -0.2) is 9.37 Å². The van der Waals surface area contributed by atoms with Crippen molar-refractivity contribution >= 4 is 21.7 Å². The van der Waals surface area contributed by atoms with Gasteiger partial charge in [0.05, 0.1) is 4.47 Å². The summed E-state index contributed by atoms with van der Waals surface area (Å²) >= 11 is 3.19. The first-order valence-electron chi connectivity index (χ1n) is 5.16. The summed E-state index contributed by atoms with van der Waals surface area (Å²) in [5.41, 5.74) is 0.512. The lowest BCUT2D eigenvalue weighted by molar-refractivity contribution is 0.101. The highest BCUT2D eigenvalue weighted by Gasteiger charge is 2.07. The monoisotopic (exact) mass is 309 g/mol. The maximum Gasteiger partial charge on any atom is 0.219 e. The molecule has 1 heterocycles. The van der Waals surface area contributed by atoms with Crippen molar-refractivity contribution in [3.63, 3.8) is 0 Å². The third kappa shape index (κ3) is 2.92. The molecule has 5 heteroatoms. The Labute approximate surface area is 112 Å². The van der Waals surface area contributed by atoms with Crippen molar-refractivity contribution in [1.82, 2.24) is 4.98 Å². The summed E-state index contributed by atoms with van der Waals surface area (Å²) in [7, 11) is 0. The number of pyridine rings is 1. The standard InChI is InChI=1S/C13H9BrFNO2/c1-8(17)9-4-5-16-13(6-9)18-12-3-2-10(15)7-11(12)14/h2-7H,1H3. The molecular weight excluding hydrogens is 301 g/mol. The summed E-state index contributed by atoms with van der Waals surface area (Å²) in [4.78, 5) is 15.2. The zero-order chi connectivity index (χ0) is 13.1. The second-order valence-electron chi connectivity index (χ2n) is 3.62. The first kappa shape index (κ1) is 12.7. The Bertz CT molecular complexity index is 601. The van der Waals surface area contributed by atoms with Crippen molar-refractivity contribution in [3.8, 4) is 11.6 Å². The molecule has 0 spiro atoms. The van der Waals surface area contributed by atoms with E-state index in [0.717, 1.165) is 0 Å². The summed E-state index contributed by atoms with van der Waals surface area (Å²) in [6, 6.07) is 7.22. The lowest BCUT2D eigenvalue weighted by atomic mass is 10.2. The van der Waals surface area contributed by atoms with Crippen molar-refractivity contribution in [2.45, 2.75) is 6.92 Å². The van der Waals surface area contributed by atoms with Gasteiger partial charge in [-0.2, -0.15) is 0 Å². The molecule has 1 aromatic carbocycles. The first-order chi connectivity index (χ1) is 8.56. The Balaban J connectivity index is 2.28. The fourth-order valence-corrected chi connectivity index (χ4v) is 1.79. The minimum Gasteiger partial charge on any atom is -0.438 e. The van der Waals surface area contributed by atoms with Gasteiger partial charge in [0.1, 0.15) is 11.6 Å². The number of ketones is 1. The van der Waals surface area contributed by atoms with Crippen LogP contribution in [0.2, 0.25) is 0 Å². The number of hydrogen-bond donors (Lipinski definition) is 0. The second kappa shape index (κ2) is 5.27. The predicted molar refractivity (Wildman–Crippen MR) is 68.4 cm³/mol. The molecule has 0 saturated carbocycles. The molecule has 0 unspecified atom stereocenters. The van der Waals surface area contributed by atoms with Crippen LogP contribution in [0.15, 0.2) is 41.0 Å². The Hall–Kier alpha value is -1.75. The molecule has 1 aromatic heterocycles. The van der Waals surface area contributed by atoms with Crippen LogP contribution in [-0.2, 0) is 0 Å². The van der Waals surface area contributed by atoms with Gasteiger partial charge in [0.2, 0.25) is 5.88 Å². The highest BCUT2D eigenvalue weighted by molar-refractivity contribution is 9.10. The Morgan fingerprint density at radius 3 is 2.78 bits per heavy atom. The van der Waals surface area contributed by atoms with Crippen molar-refractivity contribution in [3.05, 3.63) is 52.4 Å². The van der Waals surface area contributed by atoms with Crippen molar-refractivity contribution in [2.24, 2.45) is 0 Å². The highest BCUT2D eigenvalue weighted by Crippen LogP contribution is 2.29. The second-order valence-corrected chi connectivity index (χ2v) is 4.47. The van der Waals surface area contributed by atoms with E-state index in [2.05, 4.69) is 20.9 Å². The molecular formula is C13H9BrFNO2. The van der Waals surface area contributed by atoms with Gasteiger partial charge >= 0.3 is 0 Å². The quantitative estimate of drug-likeness (QED) is 0.805. The van der Waals surface area contributed by atoms with E-state index in [0.29, 0.717) is 15.8 Å². The molecule has 0 fully saturated rings. The average molecular weight is 310 g/mol. The van der Waals surface area contributed by atoms with Gasteiger partial charge in [-0.05, 0) is 47.1 Å². The Morgan fingerprint density at radius 2 is 2.11 bits per heavy atom. The molecule has 18 heavy (non-hydrogen) atoms. The Morgan fingerprint density at radius 1 is 1.33 bits per heavy atom. The van der Waals surface area contributed by atoms with Crippen molar-refractivity contribution < 1.29 is 13.9 Å². The molecule has 0 bridgehead atoms. The molecule has 0 aliphatic carbocycles. The maximum absolute atomic E-state index is 12.9. The summed E-state index contributed by atoms with van der Waals surface area (Å²) in [6.07, 6.45) is 1.49.